The van der Waals surface area contributed by atoms with Crippen LogP contribution in [0.3, 0.4) is 0 Å². The van der Waals surface area contributed by atoms with Crippen molar-refractivity contribution < 1.29 is 80.9 Å². The van der Waals surface area contributed by atoms with E-state index in [2.05, 4.69) is 0 Å². The van der Waals surface area contributed by atoms with Gasteiger partial charge in [0.05, 0.1) is 50.3 Å². The number of carbonyl (C=O) groups is 7. The van der Waals surface area contributed by atoms with Gasteiger partial charge in [-0.15, -0.1) is 12.4 Å². The van der Waals surface area contributed by atoms with Crippen molar-refractivity contribution in [2.24, 2.45) is 9.98 Å². The molecule has 10 aromatic rings. The molecule has 1 aromatic heterocycles. The second kappa shape index (κ2) is 33.1. The standard InChI is InChI=1S/C75H59N3O17S2.ClH/c79-66(48-28-10-1-11-29-48)86-46-57-60(61(91-69(82)51-34-16-4-17-35-51)63(93-71(84)53-38-20-6-21-39-53)65(88-57)77-75-78(56-44-26-9-27-45-56)74(96-97-75)76-55-42-24-8-25-43-55)95-73-64(94-72(85)54-40-22-7-23-41-54)62(92-70(83)52-36-18-5-19-37-52)59(90-68(81)50-32-14-3-15-33-50)58(89-73)47-87-67(80)49-30-12-2-13-31-49;/h1-45,57-65,73H,46-47H2;1H/b76-74?,77-75+;/t57-,58-,59+,60-,61+,62+,63-,64-,65-,73+;/m1./s1. The van der Waals surface area contributed by atoms with Gasteiger partial charge < -0.3 is 47.4 Å². The van der Waals surface area contributed by atoms with Crippen LogP contribution in [0.5, 0.6) is 0 Å². The molecule has 3 heterocycles. The summed E-state index contributed by atoms with van der Waals surface area (Å²) >= 11 is 0. The molecule has 0 aliphatic carbocycles. The van der Waals surface area contributed by atoms with Gasteiger partial charge in [-0.1, -0.05) is 164 Å². The molecule has 0 N–H and O–H groups in total. The highest BCUT2D eigenvalue weighted by Gasteiger charge is 2.58. The molecular weight excluding hydrogens is 1310 g/mol. The zero-order chi connectivity index (χ0) is 66.9. The van der Waals surface area contributed by atoms with Gasteiger partial charge in [-0.05, 0) is 130 Å². The maximum atomic E-state index is 15.1. The van der Waals surface area contributed by atoms with Crippen LogP contribution in [-0.4, -0.2) is 121 Å². The first-order chi connectivity index (χ1) is 47.5. The summed E-state index contributed by atoms with van der Waals surface area (Å²) < 4.78 is 67.5. The Morgan fingerprint density at radius 2 is 0.643 bits per heavy atom. The lowest BCUT2D eigenvalue weighted by atomic mass is 9.95. The summed E-state index contributed by atoms with van der Waals surface area (Å²) in [4.78, 5) is 113. The van der Waals surface area contributed by atoms with Crippen LogP contribution in [0, 0.1) is 0 Å². The fraction of sp³-hybridized carbons (Fsp3) is 0.160. The normalized spacial score (nSPS) is 20.6. The number of hydrogen-bond acceptors (Lipinski definition) is 21. The van der Waals surface area contributed by atoms with Crippen LogP contribution in [0.1, 0.15) is 72.5 Å². The Morgan fingerprint density at radius 1 is 0.337 bits per heavy atom. The Labute approximate surface area is 574 Å². The van der Waals surface area contributed by atoms with Crippen molar-refractivity contribution in [2.45, 2.75) is 61.3 Å². The summed E-state index contributed by atoms with van der Waals surface area (Å²) in [5, 5.41) is 0. The summed E-state index contributed by atoms with van der Waals surface area (Å²) in [6.07, 6.45) is -18.6. The zero-order valence-corrected chi connectivity index (χ0v) is 54.1. The first-order valence-electron chi connectivity index (χ1n) is 30.6. The number of halogens is 1. The van der Waals surface area contributed by atoms with E-state index in [4.69, 9.17) is 57.4 Å². The topological polar surface area (TPSA) is 241 Å². The van der Waals surface area contributed by atoms with Crippen molar-refractivity contribution in [1.82, 2.24) is 4.57 Å². The van der Waals surface area contributed by atoms with Crippen molar-refractivity contribution in [3.63, 3.8) is 0 Å². The minimum absolute atomic E-state index is 0. The Morgan fingerprint density at radius 3 is 1.04 bits per heavy atom. The van der Waals surface area contributed by atoms with E-state index in [1.165, 1.54) is 106 Å². The van der Waals surface area contributed by atoms with Crippen molar-refractivity contribution in [1.29, 1.82) is 0 Å². The predicted molar refractivity (Wildman–Crippen MR) is 360 cm³/mol. The van der Waals surface area contributed by atoms with E-state index in [0.717, 1.165) is 0 Å². The number of aromatic nitrogens is 1. The molecule has 2 aliphatic rings. The van der Waals surface area contributed by atoms with Crippen LogP contribution >= 0.6 is 33.1 Å². The number of para-hydroxylation sites is 2. The van der Waals surface area contributed by atoms with E-state index < -0.39 is 116 Å². The van der Waals surface area contributed by atoms with Crippen LogP contribution in [0.2, 0.25) is 0 Å². The SMILES string of the molecule is Cl.O=C(OC[C@H]1O[C@@H](O[C@H]2[C@H](OC(=O)c3ccccc3)[C@@H](OC(=O)c3ccccc3)[C@H](/N=c3/ssc(=Nc4ccccc4)n3-c3ccccc3)O[C@@H]2COC(=O)c2ccccc2)[C@H](OC(=O)c2ccccc2)[C@@H](OC(=O)c2ccccc2)[C@H]1OC(=O)c1ccccc1)c1ccccc1. The first kappa shape index (κ1) is 68.4. The number of benzene rings is 9. The van der Waals surface area contributed by atoms with Gasteiger partial charge in [0.25, 0.3) is 0 Å². The van der Waals surface area contributed by atoms with Gasteiger partial charge in [0.2, 0.25) is 9.60 Å². The first-order valence-corrected chi connectivity index (χ1v) is 32.8. The number of esters is 7. The van der Waals surface area contributed by atoms with E-state index in [9.17, 15) is 28.8 Å². The van der Waals surface area contributed by atoms with Gasteiger partial charge in [-0.3, -0.25) is 4.57 Å². The molecular formula is C75H60ClN3O17S2. The molecule has 2 aliphatic heterocycles. The Kier molecular flexibility index (Phi) is 23.1. The van der Waals surface area contributed by atoms with E-state index in [-0.39, 0.29) is 56.2 Å². The molecule has 0 spiro atoms. The van der Waals surface area contributed by atoms with Crippen LogP contribution < -0.4 is 9.60 Å². The predicted octanol–water partition coefficient (Wildman–Crippen LogP) is 11.8. The largest absolute Gasteiger partial charge is 0.459 e. The maximum Gasteiger partial charge on any atom is 0.338 e. The van der Waals surface area contributed by atoms with Crippen molar-refractivity contribution in [2.75, 3.05) is 13.2 Å². The lowest BCUT2D eigenvalue weighted by Crippen LogP contribution is -2.67. The quantitative estimate of drug-likeness (QED) is 0.0369. The van der Waals surface area contributed by atoms with Gasteiger partial charge in [-0.2, -0.15) is 0 Å². The number of carbonyl (C=O) groups excluding carboxylic acids is 7. The van der Waals surface area contributed by atoms with Gasteiger partial charge in [-0.25, -0.2) is 43.5 Å². The van der Waals surface area contributed by atoms with E-state index in [0.29, 0.717) is 16.2 Å². The fourth-order valence-electron chi connectivity index (χ4n) is 10.6. The van der Waals surface area contributed by atoms with Crippen LogP contribution in [0.15, 0.2) is 283 Å². The summed E-state index contributed by atoms with van der Waals surface area (Å²) in [6, 6.07) is 73.6. The molecule has 0 bridgehead atoms. The molecule has 9 aromatic carbocycles. The van der Waals surface area contributed by atoms with E-state index in [1.807, 2.05) is 60.7 Å². The molecule has 0 radical (unpaired) electrons. The average Bonchev–Trinajstić information content (AvgIpc) is 0.777. The zero-order valence-electron chi connectivity index (χ0n) is 51.7. The van der Waals surface area contributed by atoms with Gasteiger partial charge in [0.15, 0.2) is 43.0 Å². The molecule has 20 nitrogen and oxygen atoms in total. The highest BCUT2D eigenvalue weighted by atomic mass is 35.5. The molecule has 98 heavy (non-hydrogen) atoms. The van der Waals surface area contributed by atoms with Crippen LogP contribution in [0.4, 0.5) is 5.69 Å². The number of nitrogens with zero attached hydrogens (tertiary/aromatic N) is 3. The lowest BCUT2D eigenvalue weighted by Gasteiger charge is -2.48. The second-order valence-electron chi connectivity index (χ2n) is 21.8. The summed E-state index contributed by atoms with van der Waals surface area (Å²) in [7, 11) is 2.46. The van der Waals surface area contributed by atoms with Crippen molar-refractivity contribution in [3.05, 3.63) is 322 Å². The number of hydrogen-bond donors (Lipinski definition) is 0. The third-order valence-electron chi connectivity index (χ3n) is 15.3. The third-order valence-corrected chi connectivity index (χ3v) is 17.4. The van der Waals surface area contributed by atoms with Crippen molar-refractivity contribution >= 4 is 80.6 Å². The summed E-state index contributed by atoms with van der Waals surface area (Å²) in [6.45, 7) is -1.49. The highest BCUT2D eigenvalue weighted by molar-refractivity contribution is 7.67. The highest BCUT2D eigenvalue weighted by Crippen LogP contribution is 2.37. The third kappa shape index (κ3) is 17.0. The molecule has 10 atom stereocenters. The van der Waals surface area contributed by atoms with Gasteiger partial charge >= 0.3 is 41.8 Å². The molecule has 23 heteroatoms. The van der Waals surface area contributed by atoms with Gasteiger partial charge in [0.1, 0.15) is 31.5 Å². The smallest absolute Gasteiger partial charge is 0.338 e. The Hall–Kier alpha value is -11.0. The average molecular weight is 1370 g/mol. The molecule has 2 saturated heterocycles. The minimum Gasteiger partial charge on any atom is -0.459 e. The van der Waals surface area contributed by atoms with Crippen LogP contribution in [0.25, 0.3) is 5.69 Å². The second-order valence-corrected chi connectivity index (χ2v) is 23.9. The fourth-order valence-corrected chi connectivity index (χ4v) is 12.8. The van der Waals surface area contributed by atoms with Crippen LogP contribution in [-0.2, 0) is 47.4 Å². The van der Waals surface area contributed by atoms with E-state index >= 15 is 4.79 Å². The van der Waals surface area contributed by atoms with Gasteiger partial charge in [0, 0.05) is 0 Å². The Bertz CT molecular complexity index is 4470. The summed E-state index contributed by atoms with van der Waals surface area (Å²) in [5.41, 5.74) is 1.62. The molecule has 0 saturated carbocycles. The minimum atomic E-state index is -2.10. The van der Waals surface area contributed by atoms with E-state index in [1.54, 1.807) is 132 Å². The monoisotopic (exact) mass is 1370 g/mol. The maximum absolute atomic E-state index is 15.1. The Balaban J connectivity index is 0.00000972. The molecule has 0 unspecified atom stereocenters. The molecule has 12 rings (SSSR count). The molecule has 496 valence electrons. The number of rotatable bonds is 21. The number of ether oxygens (including phenoxy) is 10. The summed E-state index contributed by atoms with van der Waals surface area (Å²) in [5.74, 6) is -6.59. The molecule has 2 fully saturated rings. The van der Waals surface area contributed by atoms with Crippen molar-refractivity contribution in [3.8, 4) is 5.69 Å². The lowest BCUT2D eigenvalue weighted by molar-refractivity contribution is -0.338. The molecule has 0 amide bonds.